The number of carbonyl (C=O) groups excluding carboxylic acids is 1. The quantitative estimate of drug-likeness (QED) is 0.860. The molecular weight excluding hydrogens is 280 g/mol. The molecule has 2 unspecified atom stereocenters. The number of aromatic nitrogens is 1. The molecule has 0 fully saturated rings. The summed E-state index contributed by atoms with van der Waals surface area (Å²) in [5.74, 6) is -0.0849. The highest BCUT2D eigenvalue weighted by atomic mass is 16.5. The number of amides is 1. The van der Waals surface area contributed by atoms with Gasteiger partial charge in [-0.15, -0.1) is 0 Å². The Hall–Kier alpha value is -2.14. The Morgan fingerprint density at radius 2 is 2.05 bits per heavy atom. The molecule has 0 aliphatic heterocycles. The molecule has 2 rings (SSSR count). The first kappa shape index (κ1) is 16.2. The van der Waals surface area contributed by atoms with E-state index in [1.165, 1.54) is 0 Å². The van der Waals surface area contributed by atoms with E-state index in [0.717, 1.165) is 17.5 Å². The fourth-order valence-electron chi connectivity index (χ4n) is 2.00. The van der Waals surface area contributed by atoms with E-state index in [4.69, 9.17) is 4.52 Å². The number of aryl methyl sites for hydroxylation is 1. The number of hydrogen-bond donors (Lipinski definition) is 2. The molecule has 2 N–H and O–H groups in total. The largest absolute Gasteiger partial charge is 0.391 e. The first-order valence-electron chi connectivity index (χ1n) is 7.51. The molecule has 0 bridgehead atoms. The summed E-state index contributed by atoms with van der Waals surface area (Å²) < 4.78 is 5.09. The van der Waals surface area contributed by atoms with Crippen LogP contribution in [0.1, 0.15) is 36.4 Å². The van der Waals surface area contributed by atoms with Gasteiger partial charge in [0.2, 0.25) is 5.76 Å². The molecule has 118 valence electrons. The van der Waals surface area contributed by atoms with Gasteiger partial charge in [-0.25, -0.2) is 0 Å². The lowest BCUT2D eigenvalue weighted by atomic mass is 10.0. The normalized spacial score (nSPS) is 13.6. The van der Waals surface area contributed by atoms with Gasteiger partial charge in [0.1, 0.15) is 5.69 Å². The summed E-state index contributed by atoms with van der Waals surface area (Å²) >= 11 is 0. The first-order valence-corrected chi connectivity index (χ1v) is 7.51. The zero-order valence-electron chi connectivity index (χ0n) is 13.2. The Labute approximate surface area is 130 Å². The lowest BCUT2D eigenvalue weighted by Crippen LogP contribution is -2.35. The number of rotatable bonds is 6. The minimum atomic E-state index is -0.562. The van der Waals surface area contributed by atoms with E-state index in [1.54, 1.807) is 6.07 Å². The number of aliphatic hydroxyl groups excluding tert-OH is 1. The van der Waals surface area contributed by atoms with Gasteiger partial charge in [-0.2, -0.15) is 0 Å². The van der Waals surface area contributed by atoms with Crippen LogP contribution in [0.4, 0.5) is 0 Å². The maximum absolute atomic E-state index is 12.0. The lowest BCUT2D eigenvalue weighted by molar-refractivity contribution is 0.0819. The molecule has 2 aromatic rings. The molecule has 0 spiro atoms. The van der Waals surface area contributed by atoms with Crippen LogP contribution in [-0.4, -0.2) is 28.8 Å². The number of nitrogens with zero attached hydrogens (tertiary/aromatic N) is 1. The van der Waals surface area contributed by atoms with E-state index in [2.05, 4.69) is 10.5 Å². The third kappa shape index (κ3) is 3.95. The third-order valence-electron chi connectivity index (χ3n) is 3.85. The van der Waals surface area contributed by atoms with Crippen molar-refractivity contribution in [1.82, 2.24) is 10.5 Å². The number of hydrogen-bond acceptors (Lipinski definition) is 4. The molecule has 1 aromatic heterocycles. The molecular formula is C17H22N2O3. The first-order chi connectivity index (χ1) is 10.5. The van der Waals surface area contributed by atoms with Crippen molar-refractivity contribution in [3.8, 4) is 11.3 Å². The standard InChI is InChI=1S/C17H22N2O3/c1-4-12(3)15(20)10-18-17(21)16-9-14(19-22-16)13-7-5-11(2)6-8-13/h5-9,12,15,20H,4,10H2,1-3H3,(H,18,21). The minimum Gasteiger partial charge on any atom is -0.391 e. The van der Waals surface area contributed by atoms with Gasteiger partial charge in [0.25, 0.3) is 5.91 Å². The molecule has 0 aliphatic carbocycles. The molecule has 0 aliphatic rings. The van der Waals surface area contributed by atoms with Gasteiger partial charge in [0, 0.05) is 18.2 Å². The average Bonchev–Trinajstić information content (AvgIpc) is 3.02. The topological polar surface area (TPSA) is 75.4 Å². The van der Waals surface area contributed by atoms with Crippen LogP contribution in [0.25, 0.3) is 11.3 Å². The van der Waals surface area contributed by atoms with Gasteiger partial charge in [-0.05, 0) is 12.8 Å². The van der Waals surface area contributed by atoms with Crippen LogP contribution in [0.3, 0.4) is 0 Å². The maximum Gasteiger partial charge on any atom is 0.290 e. The van der Waals surface area contributed by atoms with Crippen molar-refractivity contribution < 1.29 is 14.4 Å². The molecule has 1 aromatic carbocycles. The highest BCUT2D eigenvalue weighted by Crippen LogP contribution is 2.19. The van der Waals surface area contributed by atoms with Gasteiger partial charge in [0.15, 0.2) is 0 Å². The van der Waals surface area contributed by atoms with Gasteiger partial charge in [-0.1, -0.05) is 55.3 Å². The number of aliphatic hydroxyl groups is 1. The van der Waals surface area contributed by atoms with E-state index in [9.17, 15) is 9.90 Å². The molecule has 0 radical (unpaired) electrons. The number of benzene rings is 1. The Kier molecular flexibility index (Phi) is 5.33. The fourth-order valence-corrected chi connectivity index (χ4v) is 2.00. The van der Waals surface area contributed by atoms with E-state index >= 15 is 0 Å². The SMILES string of the molecule is CCC(C)C(O)CNC(=O)c1cc(-c2ccc(C)cc2)no1. The Morgan fingerprint density at radius 3 is 2.68 bits per heavy atom. The van der Waals surface area contributed by atoms with E-state index in [-0.39, 0.29) is 24.1 Å². The molecule has 1 heterocycles. The number of carbonyl (C=O) groups is 1. The van der Waals surface area contributed by atoms with Crippen molar-refractivity contribution in [3.63, 3.8) is 0 Å². The summed E-state index contributed by atoms with van der Waals surface area (Å²) in [6.45, 7) is 6.16. The molecule has 5 heteroatoms. The van der Waals surface area contributed by atoms with E-state index < -0.39 is 6.10 Å². The van der Waals surface area contributed by atoms with Crippen LogP contribution in [0.5, 0.6) is 0 Å². The second kappa shape index (κ2) is 7.22. The van der Waals surface area contributed by atoms with Gasteiger partial charge < -0.3 is 14.9 Å². The number of nitrogens with one attached hydrogen (secondary N) is 1. The van der Waals surface area contributed by atoms with Crippen molar-refractivity contribution >= 4 is 5.91 Å². The lowest BCUT2D eigenvalue weighted by Gasteiger charge is -2.16. The van der Waals surface area contributed by atoms with Crippen LogP contribution >= 0.6 is 0 Å². The van der Waals surface area contributed by atoms with Crippen molar-refractivity contribution in [2.45, 2.75) is 33.3 Å². The predicted molar refractivity (Wildman–Crippen MR) is 84.5 cm³/mol. The van der Waals surface area contributed by atoms with Crippen molar-refractivity contribution in [2.24, 2.45) is 5.92 Å². The Balaban J connectivity index is 1.99. The summed E-state index contributed by atoms with van der Waals surface area (Å²) in [5, 5.41) is 16.4. The summed E-state index contributed by atoms with van der Waals surface area (Å²) in [7, 11) is 0. The molecule has 5 nitrogen and oxygen atoms in total. The monoisotopic (exact) mass is 302 g/mol. The zero-order chi connectivity index (χ0) is 16.1. The van der Waals surface area contributed by atoms with Crippen LogP contribution in [0, 0.1) is 12.8 Å². The molecule has 0 saturated carbocycles. The Bertz CT molecular complexity index is 619. The summed E-state index contributed by atoms with van der Waals surface area (Å²) in [4.78, 5) is 12.0. The minimum absolute atomic E-state index is 0.137. The predicted octanol–water partition coefficient (Wildman–Crippen LogP) is 2.79. The fraction of sp³-hybridized carbons (Fsp3) is 0.412. The molecule has 0 saturated heterocycles. The second-order valence-electron chi connectivity index (χ2n) is 5.61. The van der Waals surface area contributed by atoms with Gasteiger partial charge >= 0.3 is 0 Å². The zero-order valence-corrected chi connectivity index (χ0v) is 13.2. The molecule has 2 atom stereocenters. The van der Waals surface area contributed by atoms with E-state index in [1.807, 2.05) is 45.0 Å². The van der Waals surface area contributed by atoms with Crippen LogP contribution in [-0.2, 0) is 0 Å². The van der Waals surface area contributed by atoms with Crippen molar-refractivity contribution in [2.75, 3.05) is 6.54 Å². The van der Waals surface area contributed by atoms with Crippen molar-refractivity contribution in [1.29, 1.82) is 0 Å². The Morgan fingerprint density at radius 1 is 1.36 bits per heavy atom. The summed E-state index contributed by atoms with van der Waals surface area (Å²) in [5.41, 5.74) is 2.67. The second-order valence-corrected chi connectivity index (χ2v) is 5.61. The summed E-state index contributed by atoms with van der Waals surface area (Å²) in [6.07, 6.45) is 0.296. The van der Waals surface area contributed by atoms with Crippen LogP contribution in [0.2, 0.25) is 0 Å². The van der Waals surface area contributed by atoms with Crippen LogP contribution in [0.15, 0.2) is 34.9 Å². The highest BCUT2D eigenvalue weighted by molar-refractivity contribution is 5.92. The third-order valence-corrected chi connectivity index (χ3v) is 3.85. The molecule has 1 amide bonds. The summed E-state index contributed by atoms with van der Waals surface area (Å²) in [6, 6.07) is 9.43. The van der Waals surface area contributed by atoms with Gasteiger partial charge in [-0.3, -0.25) is 4.79 Å². The smallest absolute Gasteiger partial charge is 0.290 e. The van der Waals surface area contributed by atoms with Gasteiger partial charge in [0.05, 0.1) is 6.10 Å². The van der Waals surface area contributed by atoms with E-state index in [0.29, 0.717) is 5.69 Å². The highest BCUT2D eigenvalue weighted by Gasteiger charge is 2.17. The molecule has 22 heavy (non-hydrogen) atoms. The average molecular weight is 302 g/mol. The maximum atomic E-state index is 12.0. The van der Waals surface area contributed by atoms with Crippen LogP contribution < -0.4 is 5.32 Å². The van der Waals surface area contributed by atoms with Crippen molar-refractivity contribution in [3.05, 3.63) is 41.7 Å².